The molecule has 0 spiro atoms. The summed E-state index contributed by atoms with van der Waals surface area (Å²) in [4.78, 5) is 22.9. The first-order valence-corrected chi connectivity index (χ1v) is 6.66. The van der Waals surface area contributed by atoms with Crippen molar-refractivity contribution in [3.05, 3.63) is 35.8 Å². The number of carboxylic acid groups (broad SMARTS) is 1. The second-order valence-corrected chi connectivity index (χ2v) is 4.88. The Balaban J connectivity index is 2.69. The van der Waals surface area contributed by atoms with Gasteiger partial charge < -0.3 is 14.8 Å². The van der Waals surface area contributed by atoms with Crippen LogP contribution >= 0.6 is 0 Å². The molecule has 1 rings (SSSR count). The van der Waals surface area contributed by atoms with E-state index in [-0.39, 0.29) is 24.1 Å². The molecular weight excluding hydrogens is 258 g/mol. The van der Waals surface area contributed by atoms with E-state index < -0.39 is 5.97 Å². The van der Waals surface area contributed by atoms with Gasteiger partial charge >= 0.3 is 5.97 Å². The summed E-state index contributed by atoms with van der Waals surface area (Å²) in [7, 11) is 0. The van der Waals surface area contributed by atoms with Gasteiger partial charge in [-0.2, -0.15) is 0 Å². The lowest BCUT2D eigenvalue weighted by molar-refractivity contribution is -0.136. The van der Waals surface area contributed by atoms with E-state index >= 15 is 0 Å². The van der Waals surface area contributed by atoms with Gasteiger partial charge in [0.15, 0.2) is 0 Å². The molecule has 1 atom stereocenters. The maximum absolute atomic E-state index is 12.2. The van der Waals surface area contributed by atoms with Crippen LogP contribution in [0.15, 0.2) is 23.3 Å². The van der Waals surface area contributed by atoms with Gasteiger partial charge in [-0.25, -0.2) is 0 Å². The van der Waals surface area contributed by atoms with E-state index in [1.54, 1.807) is 6.92 Å². The predicted molar refractivity (Wildman–Crippen MR) is 75.8 cm³/mol. The number of rotatable bonds is 8. The smallest absolute Gasteiger partial charge is 0.311 e. The van der Waals surface area contributed by atoms with Crippen molar-refractivity contribution >= 4 is 11.9 Å². The highest BCUT2D eigenvalue weighted by molar-refractivity contribution is 5.97. The average molecular weight is 279 g/mol. The number of allylic oxidation sites excluding steroid dienone is 1. The van der Waals surface area contributed by atoms with E-state index in [0.717, 1.165) is 19.3 Å². The van der Waals surface area contributed by atoms with Crippen LogP contribution in [0.1, 0.15) is 47.9 Å². The van der Waals surface area contributed by atoms with Gasteiger partial charge in [0.2, 0.25) is 0 Å². The number of carbonyl (C=O) groups excluding carboxylic acids is 1. The minimum absolute atomic E-state index is 0.0226. The summed E-state index contributed by atoms with van der Waals surface area (Å²) in [5.74, 6) is -1.10. The fraction of sp³-hybridized carbons (Fsp3) is 0.467. The summed E-state index contributed by atoms with van der Waals surface area (Å²) in [6, 6.07) is 0.0226. The molecule has 0 saturated carbocycles. The molecular formula is C15H21NO4. The fourth-order valence-corrected chi connectivity index (χ4v) is 2.01. The number of nitrogens with one attached hydrogen (secondary N) is 1. The molecule has 1 aromatic rings. The zero-order valence-corrected chi connectivity index (χ0v) is 11.9. The lowest BCUT2D eigenvalue weighted by Gasteiger charge is -2.13. The Morgan fingerprint density at radius 2 is 2.25 bits per heavy atom. The second-order valence-electron chi connectivity index (χ2n) is 4.88. The number of aliphatic carboxylic acids is 1. The molecule has 0 aliphatic rings. The van der Waals surface area contributed by atoms with Crippen LogP contribution in [-0.2, 0) is 11.2 Å². The molecule has 5 heteroatoms. The Morgan fingerprint density at radius 3 is 2.85 bits per heavy atom. The van der Waals surface area contributed by atoms with Crippen LogP contribution in [-0.4, -0.2) is 23.0 Å². The van der Waals surface area contributed by atoms with Crippen LogP contribution in [0.2, 0.25) is 0 Å². The molecule has 1 unspecified atom stereocenters. The number of aryl methyl sites for hydroxylation is 1. The fourth-order valence-electron chi connectivity index (χ4n) is 2.01. The van der Waals surface area contributed by atoms with Crippen molar-refractivity contribution < 1.29 is 19.1 Å². The molecule has 0 aliphatic heterocycles. The Bertz CT molecular complexity index is 490. The van der Waals surface area contributed by atoms with Gasteiger partial charge in [-0.1, -0.05) is 6.08 Å². The van der Waals surface area contributed by atoms with Crippen LogP contribution in [0.25, 0.3) is 0 Å². The number of unbranched alkanes of at least 4 members (excludes halogenated alkanes) is 1. The Labute approximate surface area is 118 Å². The highest BCUT2D eigenvalue weighted by atomic mass is 16.4. The van der Waals surface area contributed by atoms with E-state index in [2.05, 4.69) is 11.9 Å². The third-order valence-corrected chi connectivity index (χ3v) is 3.01. The Morgan fingerprint density at radius 1 is 1.55 bits per heavy atom. The minimum atomic E-state index is -1.02. The summed E-state index contributed by atoms with van der Waals surface area (Å²) in [6.07, 6.45) is 5.69. The van der Waals surface area contributed by atoms with Crippen molar-refractivity contribution in [1.29, 1.82) is 0 Å². The number of carboxylic acids is 1. The summed E-state index contributed by atoms with van der Waals surface area (Å²) < 4.78 is 5.15. The summed E-state index contributed by atoms with van der Waals surface area (Å²) in [5, 5.41) is 11.7. The maximum Gasteiger partial charge on any atom is 0.311 e. The third kappa shape index (κ3) is 4.57. The summed E-state index contributed by atoms with van der Waals surface area (Å²) in [6.45, 7) is 7.31. The molecule has 0 bridgehead atoms. The second kappa shape index (κ2) is 7.53. The Kier molecular flexibility index (Phi) is 6.03. The van der Waals surface area contributed by atoms with Crippen molar-refractivity contribution in [1.82, 2.24) is 5.32 Å². The molecule has 0 aromatic carbocycles. The molecule has 0 fully saturated rings. The van der Waals surface area contributed by atoms with E-state index in [4.69, 9.17) is 9.52 Å². The van der Waals surface area contributed by atoms with Crippen molar-refractivity contribution in [3.8, 4) is 0 Å². The van der Waals surface area contributed by atoms with Crippen LogP contribution in [0, 0.1) is 6.92 Å². The van der Waals surface area contributed by atoms with Gasteiger partial charge in [0.05, 0.1) is 11.8 Å². The molecule has 1 heterocycles. The maximum atomic E-state index is 12.2. The van der Waals surface area contributed by atoms with E-state index in [1.807, 2.05) is 13.0 Å². The van der Waals surface area contributed by atoms with Crippen molar-refractivity contribution in [2.75, 3.05) is 0 Å². The van der Waals surface area contributed by atoms with E-state index in [0.29, 0.717) is 11.1 Å². The van der Waals surface area contributed by atoms with Crippen LogP contribution in [0.4, 0.5) is 0 Å². The largest absolute Gasteiger partial charge is 0.481 e. The minimum Gasteiger partial charge on any atom is -0.481 e. The zero-order chi connectivity index (χ0) is 15.1. The quantitative estimate of drug-likeness (QED) is 0.566. The van der Waals surface area contributed by atoms with Gasteiger partial charge in [-0.3, -0.25) is 9.59 Å². The number of hydrogen-bond acceptors (Lipinski definition) is 3. The van der Waals surface area contributed by atoms with Crippen LogP contribution in [0.3, 0.4) is 0 Å². The van der Waals surface area contributed by atoms with Crippen LogP contribution in [0.5, 0.6) is 0 Å². The van der Waals surface area contributed by atoms with Gasteiger partial charge in [0.1, 0.15) is 12.2 Å². The molecule has 0 saturated heterocycles. The lowest BCUT2D eigenvalue weighted by atomic mass is 10.1. The third-order valence-electron chi connectivity index (χ3n) is 3.01. The molecule has 5 nitrogen and oxygen atoms in total. The molecule has 0 aliphatic carbocycles. The number of carbonyl (C=O) groups is 2. The predicted octanol–water partition coefficient (Wildman–Crippen LogP) is 2.69. The first-order chi connectivity index (χ1) is 9.45. The molecule has 2 N–H and O–H groups in total. The average Bonchev–Trinajstić information content (AvgIpc) is 2.69. The monoisotopic (exact) mass is 279 g/mol. The van der Waals surface area contributed by atoms with Crippen molar-refractivity contribution in [2.24, 2.45) is 0 Å². The highest BCUT2D eigenvalue weighted by Gasteiger charge is 2.21. The standard InChI is InChI=1S/C15H21NO4/c1-4-5-6-7-11(3)16-15(19)14-10(2)9-20-12(14)8-13(17)18/h4,9,11H,1,5-8H2,2-3H3,(H,16,19)(H,17,18). The molecule has 0 radical (unpaired) electrons. The van der Waals surface area contributed by atoms with Crippen LogP contribution < -0.4 is 5.32 Å². The van der Waals surface area contributed by atoms with E-state index in [1.165, 1.54) is 6.26 Å². The van der Waals surface area contributed by atoms with E-state index in [9.17, 15) is 9.59 Å². The lowest BCUT2D eigenvalue weighted by Crippen LogP contribution is -2.33. The van der Waals surface area contributed by atoms with Gasteiger partial charge in [0.25, 0.3) is 5.91 Å². The number of furan rings is 1. The van der Waals surface area contributed by atoms with Crippen molar-refractivity contribution in [3.63, 3.8) is 0 Å². The normalized spacial score (nSPS) is 11.9. The van der Waals surface area contributed by atoms with Gasteiger partial charge in [-0.05, 0) is 33.1 Å². The van der Waals surface area contributed by atoms with Gasteiger partial charge in [0, 0.05) is 11.6 Å². The summed E-state index contributed by atoms with van der Waals surface area (Å²) in [5.41, 5.74) is 0.986. The Hall–Kier alpha value is -2.04. The zero-order valence-electron chi connectivity index (χ0n) is 11.9. The molecule has 110 valence electrons. The summed E-state index contributed by atoms with van der Waals surface area (Å²) >= 11 is 0. The first kappa shape index (κ1) is 16.0. The van der Waals surface area contributed by atoms with Gasteiger partial charge in [-0.15, -0.1) is 6.58 Å². The molecule has 1 aromatic heterocycles. The molecule has 20 heavy (non-hydrogen) atoms. The number of hydrogen-bond donors (Lipinski definition) is 2. The SMILES string of the molecule is C=CCCCC(C)NC(=O)c1c(C)coc1CC(=O)O. The number of amides is 1. The molecule has 1 amide bonds. The topological polar surface area (TPSA) is 79.5 Å². The van der Waals surface area contributed by atoms with Crippen molar-refractivity contribution in [2.45, 2.75) is 45.6 Å². The first-order valence-electron chi connectivity index (χ1n) is 6.66. The highest BCUT2D eigenvalue weighted by Crippen LogP contribution is 2.17.